The van der Waals surface area contributed by atoms with Crippen molar-refractivity contribution < 1.29 is 9.18 Å². The topological polar surface area (TPSA) is 85.9 Å². The van der Waals surface area contributed by atoms with Crippen LogP contribution in [0.25, 0.3) is 11.3 Å². The molecule has 0 saturated carbocycles. The molecule has 0 unspecified atom stereocenters. The van der Waals surface area contributed by atoms with E-state index in [0.717, 1.165) is 24.1 Å². The quantitative estimate of drug-likeness (QED) is 0.403. The number of carbonyl (C=O) groups is 1. The number of amides is 2. The molecular formula is C21H23Cl2FN6O. The number of hydrogen-bond donors (Lipinski definition) is 3. The minimum atomic E-state index is -0.294. The van der Waals surface area contributed by atoms with Crippen molar-refractivity contribution in [2.45, 2.75) is 12.8 Å². The van der Waals surface area contributed by atoms with E-state index in [1.165, 1.54) is 18.3 Å². The van der Waals surface area contributed by atoms with Gasteiger partial charge in [0.1, 0.15) is 11.6 Å². The summed E-state index contributed by atoms with van der Waals surface area (Å²) in [5, 5.41) is 14.0. The number of aromatic nitrogens is 3. The Hall–Kier alpha value is -2.84. The molecule has 0 bridgehead atoms. The lowest BCUT2D eigenvalue weighted by molar-refractivity contribution is 0.208. The monoisotopic (exact) mass is 464 g/mol. The van der Waals surface area contributed by atoms with Gasteiger partial charge in [-0.05, 0) is 37.1 Å². The Morgan fingerprint density at radius 1 is 1.23 bits per heavy atom. The second kappa shape index (κ2) is 11.0. The number of anilines is 1. The fraction of sp³-hybridized carbons (Fsp3) is 0.286. The lowest BCUT2D eigenvalue weighted by Crippen LogP contribution is -2.40. The number of benzene rings is 1. The molecule has 0 spiro atoms. The molecule has 1 aromatic carbocycles. The van der Waals surface area contributed by atoms with E-state index in [-0.39, 0.29) is 11.8 Å². The predicted octanol–water partition coefficient (Wildman–Crippen LogP) is 4.60. The first-order valence-corrected chi connectivity index (χ1v) is 10.5. The van der Waals surface area contributed by atoms with Crippen molar-refractivity contribution in [1.29, 1.82) is 0 Å². The van der Waals surface area contributed by atoms with E-state index in [2.05, 4.69) is 25.8 Å². The van der Waals surface area contributed by atoms with Crippen molar-refractivity contribution >= 4 is 35.1 Å². The molecule has 0 radical (unpaired) electrons. The molecule has 0 fully saturated rings. The van der Waals surface area contributed by atoms with Gasteiger partial charge < -0.3 is 15.5 Å². The van der Waals surface area contributed by atoms with Gasteiger partial charge in [0.05, 0.1) is 15.7 Å². The van der Waals surface area contributed by atoms with Gasteiger partial charge in [-0.25, -0.2) is 14.2 Å². The fourth-order valence-corrected chi connectivity index (χ4v) is 3.37. The van der Waals surface area contributed by atoms with Crippen LogP contribution in [0.1, 0.15) is 12.1 Å². The smallest absolute Gasteiger partial charge is 0.317 e. The zero-order valence-electron chi connectivity index (χ0n) is 17.0. The average Bonchev–Trinajstić information content (AvgIpc) is 3.21. The van der Waals surface area contributed by atoms with Crippen LogP contribution in [-0.4, -0.2) is 52.8 Å². The van der Waals surface area contributed by atoms with Gasteiger partial charge in [0.15, 0.2) is 0 Å². The maximum atomic E-state index is 13.4. The third kappa shape index (κ3) is 6.83. The van der Waals surface area contributed by atoms with Crippen LogP contribution >= 0.6 is 23.2 Å². The normalized spacial score (nSPS) is 10.7. The van der Waals surface area contributed by atoms with Gasteiger partial charge in [-0.2, -0.15) is 5.10 Å². The van der Waals surface area contributed by atoms with Crippen LogP contribution in [0.4, 0.5) is 15.0 Å². The molecule has 0 aliphatic carbocycles. The first-order chi connectivity index (χ1) is 14.9. The van der Waals surface area contributed by atoms with Gasteiger partial charge in [0.2, 0.25) is 0 Å². The highest BCUT2D eigenvalue weighted by molar-refractivity contribution is 6.35. The third-order valence-corrected chi connectivity index (χ3v) is 5.03. The number of H-pyrrole nitrogens is 1. The minimum absolute atomic E-state index is 0.165. The zero-order valence-corrected chi connectivity index (χ0v) is 18.5. The molecule has 0 atom stereocenters. The Labute approximate surface area is 190 Å². The number of nitrogens with zero attached hydrogens (tertiary/aromatic N) is 3. The van der Waals surface area contributed by atoms with Crippen LogP contribution in [0.5, 0.6) is 0 Å². The summed E-state index contributed by atoms with van der Waals surface area (Å²) in [4.78, 5) is 17.9. The summed E-state index contributed by atoms with van der Waals surface area (Å²) in [5.74, 6) is 0.225. The predicted molar refractivity (Wildman–Crippen MR) is 121 cm³/mol. The number of hydrogen-bond acceptors (Lipinski definition) is 4. The Morgan fingerprint density at radius 2 is 2.06 bits per heavy atom. The minimum Gasteiger partial charge on any atom is -0.367 e. The van der Waals surface area contributed by atoms with Crippen LogP contribution in [-0.2, 0) is 6.42 Å². The summed E-state index contributed by atoms with van der Waals surface area (Å²) >= 11 is 11.9. The lowest BCUT2D eigenvalue weighted by Gasteiger charge is -2.18. The van der Waals surface area contributed by atoms with E-state index in [9.17, 15) is 9.18 Å². The Kier molecular flexibility index (Phi) is 8.08. The van der Waals surface area contributed by atoms with Crippen molar-refractivity contribution in [2.24, 2.45) is 0 Å². The van der Waals surface area contributed by atoms with Gasteiger partial charge in [0, 0.05) is 44.1 Å². The molecule has 10 heteroatoms. The first kappa shape index (κ1) is 22.8. The molecule has 0 aliphatic heterocycles. The molecule has 2 aromatic heterocycles. The molecule has 31 heavy (non-hydrogen) atoms. The molecule has 164 valence electrons. The van der Waals surface area contributed by atoms with Crippen LogP contribution in [0, 0.1) is 5.82 Å². The standard InChI is InChI=1S/C21H23Cl2FN6O/c1-30(21(31)26-8-7-25-20-18(23)11-15(22)13-27-20)9-3-6-17-12-19(29-28-17)14-4-2-5-16(24)10-14/h2,4-5,10-13H,3,6-9H2,1H3,(H,25,27)(H,26,31)(H,28,29). The highest BCUT2D eigenvalue weighted by Crippen LogP contribution is 2.22. The lowest BCUT2D eigenvalue weighted by atomic mass is 10.1. The number of aryl methyl sites for hydroxylation is 1. The second-order valence-corrected chi connectivity index (χ2v) is 7.80. The molecule has 2 amide bonds. The number of rotatable bonds is 9. The van der Waals surface area contributed by atoms with Crippen molar-refractivity contribution in [3.63, 3.8) is 0 Å². The summed E-state index contributed by atoms with van der Waals surface area (Å²) in [6, 6.07) is 9.65. The van der Waals surface area contributed by atoms with Gasteiger partial charge in [-0.1, -0.05) is 35.3 Å². The molecule has 0 aliphatic rings. The van der Waals surface area contributed by atoms with Crippen molar-refractivity contribution in [3.8, 4) is 11.3 Å². The summed E-state index contributed by atoms with van der Waals surface area (Å²) in [6.07, 6.45) is 2.99. The van der Waals surface area contributed by atoms with E-state index in [4.69, 9.17) is 23.2 Å². The molecular weight excluding hydrogens is 442 g/mol. The van der Waals surface area contributed by atoms with Crippen molar-refractivity contribution in [2.75, 3.05) is 32.0 Å². The summed E-state index contributed by atoms with van der Waals surface area (Å²) < 4.78 is 13.4. The molecule has 3 N–H and O–H groups in total. The number of halogens is 3. The largest absolute Gasteiger partial charge is 0.367 e. The number of pyridine rings is 1. The van der Waals surface area contributed by atoms with Gasteiger partial charge in [-0.3, -0.25) is 5.10 Å². The molecule has 3 aromatic rings. The van der Waals surface area contributed by atoms with E-state index in [1.54, 1.807) is 24.1 Å². The second-order valence-electron chi connectivity index (χ2n) is 6.96. The Bertz CT molecular complexity index is 1030. The highest BCUT2D eigenvalue weighted by atomic mass is 35.5. The zero-order chi connectivity index (χ0) is 22.2. The SMILES string of the molecule is CN(CCCc1cc(-c2cccc(F)c2)n[nH]1)C(=O)NCCNc1ncc(Cl)cc1Cl. The van der Waals surface area contributed by atoms with Gasteiger partial charge in [-0.15, -0.1) is 0 Å². The molecule has 0 saturated heterocycles. The summed E-state index contributed by atoms with van der Waals surface area (Å²) in [7, 11) is 1.74. The van der Waals surface area contributed by atoms with Gasteiger partial charge >= 0.3 is 6.03 Å². The van der Waals surface area contributed by atoms with Crippen LogP contribution in [0.15, 0.2) is 42.6 Å². The molecule has 3 rings (SSSR count). The summed E-state index contributed by atoms with van der Waals surface area (Å²) in [6.45, 7) is 1.48. The Balaban J connectivity index is 1.35. The molecule has 2 heterocycles. The maximum Gasteiger partial charge on any atom is 0.317 e. The Morgan fingerprint density at radius 3 is 2.84 bits per heavy atom. The van der Waals surface area contributed by atoms with Crippen molar-refractivity contribution in [1.82, 2.24) is 25.4 Å². The summed E-state index contributed by atoms with van der Waals surface area (Å²) in [5.41, 5.74) is 2.36. The van der Waals surface area contributed by atoms with Crippen LogP contribution in [0.3, 0.4) is 0 Å². The van der Waals surface area contributed by atoms with Crippen LogP contribution in [0.2, 0.25) is 10.0 Å². The van der Waals surface area contributed by atoms with Crippen molar-refractivity contribution in [3.05, 3.63) is 64.2 Å². The first-order valence-electron chi connectivity index (χ1n) is 9.76. The number of aromatic amines is 1. The van der Waals surface area contributed by atoms with E-state index in [0.29, 0.717) is 41.2 Å². The number of nitrogens with one attached hydrogen (secondary N) is 3. The van der Waals surface area contributed by atoms with E-state index in [1.807, 2.05) is 12.1 Å². The third-order valence-electron chi connectivity index (χ3n) is 4.54. The van der Waals surface area contributed by atoms with E-state index < -0.39 is 0 Å². The number of urea groups is 1. The number of carbonyl (C=O) groups excluding carboxylic acids is 1. The van der Waals surface area contributed by atoms with E-state index >= 15 is 0 Å². The maximum absolute atomic E-state index is 13.4. The molecule has 7 nitrogen and oxygen atoms in total. The van der Waals surface area contributed by atoms with Crippen LogP contribution < -0.4 is 10.6 Å². The average molecular weight is 465 g/mol. The van der Waals surface area contributed by atoms with Gasteiger partial charge in [0.25, 0.3) is 0 Å². The fourth-order valence-electron chi connectivity index (χ4n) is 2.92. The highest BCUT2D eigenvalue weighted by Gasteiger charge is 2.09.